The highest BCUT2D eigenvalue weighted by molar-refractivity contribution is 6.23. The zero-order valence-corrected chi connectivity index (χ0v) is 20.3. The lowest BCUT2D eigenvalue weighted by Gasteiger charge is -2.20. The molecule has 0 spiro atoms. The second kappa shape index (κ2) is 8.47. The van der Waals surface area contributed by atoms with Gasteiger partial charge in [-0.3, -0.25) is 19.2 Å². The van der Waals surface area contributed by atoms with Gasteiger partial charge in [0.15, 0.2) is 0 Å². The van der Waals surface area contributed by atoms with Crippen LogP contribution in [0, 0.1) is 36.5 Å². The number of carbonyl (C=O) groups is 4. The number of rotatable bonds is 5. The lowest BCUT2D eigenvalue weighted by atomic mass is 9.81. The average molecular weight is 489 g/mol. The number of esters is 1. The van der Waals surface area contributed by atoms with Crippen LogP contribution in [0.25, 0.3) is 0 Å². The fourth-order valence-electron chi connectivity index (χ4n) is 6.68. The summed E-state index contributed by atoms with van der Waals surface area (Å²) in [4.78, 5) is 54.7. The number of amides is 3. The average Bonchev–Trinajstić information content (AvgIpc) is 3.63. The number of methoxy groups -OCH3 is 1. The number of imide groups is 1. The number of aryl methyl sites for hydroxylation is 1. The minimum Gasteiger partial charge on any atom is -0.497 e. The smallest absolute Gasteiger partial charge is 0.316 e. The van der Waals surface area contributed by atoms with Crippen LogP contribution in [0.3, 0.4) is 0 Å². The second-order valence-electron chi connectivity index (χ2n) is 10.4. The first-order valence-electron chi connectivity index (χ1n) is 12.5. The molecule has 2 aliphatic heterocycles. The molecule has 36 heavy (non-hydrogen) atoms. The van der Waals surface area contributed by atoms with Gasteiger partial charge in [-0.15, -0.1) is 0 Å². The van der Waals surface area contributed by atoms with E-state index in [1.807, 2.05) is 0 Å². The van der Waals surface area contributed by atoms with E-state index in [1.54, 1.807) is 61.4 Å². The third kappa shape index (κ3) is 3.50. The monoisotopic (exact) mass is 488 g/mol. The molecular formula is C28H28N2O6. The summed E-state index contributed by atoms with van der Waals surface area (Å²) in [6.07, 6.45) is 3.12. The number of ether oxygens (including phenoxy) is 2. The van der Waals surface area contributed by atoms with Gasteiger partial charge < -0.3 is 14.4 Å². The summed E-state index contributed by atoms with van der Waals surface area (Å²) >= 11 is 0. The standard InChI is InChI=1S/C28H28N2O6/c1-15-10-21(8-9-22(15)30-26(32)24-16-6-7-17(11-16)25(24)27(30)33)36-28(34)18-12-23(31)29(14-18)19-4-3-5-20(13-19)35-2/h3-5,8-10,13,16-18,24-25H,6-7,11-12,14H2,1-2H3/t16-,17+,18-,24-,25+/m0/s1. The molecule has 0 aromatic heterocycles. The van der Waals surface area contributed by atoms with Crippen LogP contribution in [0.5, 0.6) is 11.5 Å². The normalized spacial score (nSPS) is 28.7. The molecule has 2 bridgehead atoms. The number of benzene rings is 2. The molecule has 2 aliphatic carbocycles. The minimum absolute atomic E-state index is 0.0645. The van der Waals surface area contributed by atoms with Crippen LogP contribution in [0.15, 0.2) is 42.5 Å². The Kier molecular flexibility index (Phi) is 5.35. The molecule has 3 amide bonds. The lowest BCUT2D eigenvalue weighted by molar-refractivity contribution is -0.139. The first kappa shape index (κ1) is 22.8. The highest BCUT2D eigenvalue weighted by atomic mass is 16.5. The predicted octanol–water partition coefficient (Wildman–Crippen LogP) is 3.50. The Labute approximate surface area is 209 Å². The summed E-state index contributed by atoms with van der Waals surface area (Å²) in [6.45, 7) is 2.03. The first-order chi connectivity index (χ1) is 17.4. The van der Waals surface area contributed by atoms with Crippen LogP contribution >= 0.6 is 0 Å². The molecule has 5 atom stereocenters. The fraction of sp³-hybridized carbons (Fsp3) is 0.429. The van der Waals surface area contributed by atoms with Gasteiger partial charge in [-0.25, -0.2) is 4.90 Å². The van der Waals surface area contributed by atoms with E-state index in [9.17, 15) is 19.2 Å². The Balaban J connectivity index is 1.15. The molecular weight excluding hydrogens is 460 g/mol. The number of fused-ring (bicyclic) bond motifs is 5. The molecule has 8 heteroatoms. The van der Waals surface area contributed by atoms with Crippen LogP contribution in [0.1, 0.15) is 31.2 Å². The number of anilines is 2. The quantitative estimate of drug-likeness (QED) is 0.363. The van der Waals surface area contributed by atoms with Gasteiger partial charge in [0.2, 0.25) is 17.7 Å². The van der Waals surface area contributed by atoms with Crippen LogP contribution in [0.2, 0.25) is 0 Å². The summed E-state index contributed by atoms with van der Waals surface area (Å²) in [5, 5.41) is 0. The summed E-state index contributed by atoms with van der Waals surface area (Å²) in [7, 11) is 1.56. The molecule has 2 saturated heterocycles. The van der Waals surface area contributed by atoms with E-state index in [0.717, 1.165) is 19.3 Å². The Bertz CT molecular complexity index is 1260. The van der Waals surface area contributed by atoms with Gasteiger partial charge in [-0.1, -0.05) is 6.07 Å². The molecule has 8 nitrogen and oxygen atoms in total. The van der Waals surface area contributed by atoms with Crippen molar-refractivity contribution < 1.29 is 28.7 Å². The van der Waals surface area contributed by atoms with Gasteiger partial charge in [0.1, 0.15) is 11.5 Å². The first-order valence-corrected chi connectivity index (χ1v) is 12.5. The van der Waals surface area contributed by atoms with Crippen molar-refractivity contribution in [3.05, 3.63) is 48.0 Å². The molecule has 0 radical (unpaired) electrons. The van der Waals surface area contributed by atoms with Gasteiger partial charge in [-0.05, 0) is 73.9 Å². The summed E-state index contributed by atoms with van der Waals surface area (Å²) in [6, 6.07) is 12.1. The molecule has 2 aromatic rings. The van der Waals surface area contributed by atoms with E-state index in [1.165, 1.54) is 4.90 Å². The summed E-state index contributed by atoms with van der Waals surface area (Å²) in [5.41, 5.74) is 1.92. The Hall–Kier alpha value is -3.68. The van der Waals surface area contributed by atoms with E-state index in [0.29, 0.717) is 40.3 Å². The zero-order chi connectivity index (χ0) is 25.1. The second-order valence-corrected chi connectivity index (χ2v) is 10.4. The summed E-state index contributed by atoms with van der Waals surface area (Å²) < 4.78 is 10.8. The van der Waals surface area contributed by atoms with Gasteiger partial charge in [0, 0.05) is 24.7 Å². The molecule has 2 saturated carbocycles. The van der Waals surface area contributed by atoms with E-state index < -0.39 is 11.9 Å². The zero-order valence-electron chi connectivity index (χ0n) is 20.3. The Morgan fingerprint density at radius 1 is 0.944 bits per heavy atom. The SMILES string of the molecule is COc1cccc(N2C[C@@H](C(=O)Oc3ccc(N4C(=O)[C@@H]5[C@@H]6CC[C@@H](C6)[C@@H]5C4=O)c(C)c3)CC2=O)c1. The van der Waals surface area contributed by atoms with E-state index in [2.05, 4.69) is 0 Å². The van der Waals surface area contributed by atoms with Crippen molar-refractivity contribution in [2.24, 2.45) is 29.6 Å². The maximum absolute atomic E-state index is 13.2. The molecule has 4 aliphatic rings. The number of hydrogen-bond acceptors (Lipinski definition) is 6. The molecule has 6 rings (SSSR count). The van der Waals surface area contributed by atoms with Crippen molar-refractivity contribution in [1.29, 1.82) is 0 Å². The van der Waals surface area contributed by atoms with E-state index >= 15 is 0 Å². The Morgan fingerprint density at radius 2 is 1.67 bits per heavy atom. The molecule has 2 aromatic carbocycles. The third-order valence-electron chi connectivity index (χ3n) is 8.38. The highest BCUT2D eigenvalue weighted by Gasteiger charge is 2.61. The fourth-order valence-corrected chi connectivity index (χ4v) is 6.68. The third-order valence-corrected chi connectivity index (χ3v) is 8.38. The largest absolute Gasteiger partial charge is 0.497 e. The summed E-state index contributed by atoms with van der Waals surface area (Å²) in [5.74, 6) is -0.162. The van der Waals surface area contributed by atoms with Gasteiger partial charge in [0.25, 0.3) is 0 Å². The maximum Gasteiger partial charge on any atom is 0.316 e. The van der Waals surface area contributed by atoms with Crippen LogP contribution < -0.4 is 19.3 Å². The van der Waals surface area contributed by atoms with Crippen molar-refractivity contribution in [2.75, 3.05) is 23.5 Å². The van der Waals surface area contributed by atoms with Gasteiger partial charge >= 0.3 is 5.97 Å². The van der Waals surface area contributed by atoms with Crippen molar-refractivity contribution in [3.63, 3.8) is 0 Å². The maximum atomic E-state index is 13.2. The van der Waals surface area contributed by atoms with E-state index in [4.69, 9.17) is 9.47 Å². The van der Waals surface area contributed by atoms with Crippen molar-refractivity contribution in [1.82, 2.24) is 0 Å². The number of nitrogens with zero attached hydrogens (tertiary/aromatic N) is 2. The molecule has 4 fully saturated rings. The van der Waals surface area contributed by atoms with E-state index in [-0.39, 0.29) is 42.5 Å². The van der Waals surface area contributed by atoms with Crippen LogP contribution in [-0.2, 0) is 19.2 Å². The van der Waals surface area contributed by atoms with Crippen LogP contribution in [-0.4, -0.2) is 37.3 Å². The van der Waals surface area contributed by atoms with Crippen molar-refractivity contribution in [2.45, 2.75) is 32.6 Å². The van der Waals surface area contributed by atoms with Gasteiger partial charge in [-0.2, -0.15) is 0 Å². The highest BCUT2D eigenvalue weighted by Crippen LogP contribution is 2.56. The Morgan fingerprint density at radius 3 is 2.33 bits per heavy atom. The van der Waals surface area contributed by atoms with Crippen molar-refractivity contribution >= 4 is 35.1 Å². The van der Waals surface area contributed by atoms with Crippen molar-refractivity contribution in [3.8, 4) is 11.5 Å². The molecule has 0 N–H and O–H groups in total. The lowest BCUT2D eigenvalue weighted by Crippen LogP contribution is -2.33. The van der Waals surface area contributed by atoms with Crippen LogP contribution in [0.4, 0.5) is 11.4 Å². The predicted molar refractivity (Wildman–Crippen MR) is 131 cm³/mol. The molecule has 186 valence electrons. The molecule has 0 unspecified atom stereocenters. The number of hydrogen-bond donors (Lipinski definition) is 0. The minimum atomic E-state index is -0.597. The van der Waals surface area contributed by atoms with Gasteiger partial charge in [0.05, 0.1) is 30.6 Å². The topological polar surface area (TPSA) is 93.2 Å². The molecule has 2 heterocycles. The number of carbonyl (C=O) groups excluding carboxylic acids is 4.